The van der Waals surface area contributed by atoms with Crippen molar-refractivity contribution in [3.8, 4) is 11.1 Å². The van der Waals surface area contributed by atoms with Crippen LogP contribution in [0.5, 0.6) is 0 Å². The highest BCUT2D eigenvalue weighted by atomic mass is 32.2. The minimum Gasteiger partial charge on any atom is -0.370 e. The van der Waals surface area contributed by atoms with Gasteiger partial charge in [-0.2, -0.15) is 30.0 Å². The minimum absolute atomic E-state index is 0.453. The molecule has 1 aliphatic heterocycles. The topological polar surface area (TPSA) is 42.2 Å². The van der Waals surface area contributed by atoms with Gasteiger partial charge in [0.15, 0.2) is 5.65 Å². The maximum absolute atomic E-state index is 13.0. The molecule has 27 heavy (non-hydrogen) atoms. The predicted molar refractivity (Wildman–Crippen MR) is 102 cm³/mol. The summed E-state index contributed by atoms with van der Waals surface area (Å²) in [6.45, 7) is 0.858. The number of benzene rings is 1. The lowest BCUT2D eigenvalue weighted by atomic mass is 10.0. The lowest BCUT2D eigenvalue weighted by Gasteiger charge is -2.21. The molecule has 1 aliphatic rings. The normalized spacial score (nSPS) is 16.0. The zero-order valence-electron chi connectivity index (χ0n) is 14.5. The number of nitrogens with zero attached hydrogens (tertiary/aromatic N) is 3. The van der Waals surface area contributed by atoms with E-state index in [1.807, 2.05) is 17.8 Å². The zero-order chi connectivity index (χ0) is 18.9. The summed E-state index contributed by atoms with van der Waals surface area (Å²) in [5, 5.41) is 7.59. The monoisotopic (exact) mass is 392 g/mol. The van der Waals surface area contributed by atoms with Gasteiger partial charge in [-0.1, -0.05) is 12.1 Å². The summed E-state index contributed by atoms with van der Waals surface area (Å²) in [4.78, 5) is 4.59. The Morgan fingerprint density at radius 3 is 2.78 bits per heavy atom. The average Bonchev–Trinajstić information content (AvgIpc) is 3.10. The van der Waals surface area contributed by atoms with E-state index in [4.69, 9.17) is 0 Å². The number of hydrogen-bond donors (Lipinski definition) is 1. The molecule has 1 aromatic carbocycles. The van der Waals surface area contributed by atoms with Crippen LogP contribution in [0.4, 0.5) is 19.0 Å². The minimum atomic E-state index is -4.38. The maximum Gasteiger partial charge on any atom is 0.416 e. The fourth-order valence-corrected chi connectivity index (χ4v) is 4.44. The second-order valence-corrected chi connectivity index (χ2v) is 7.88. The van der Waals surface area contributed by atoms with E-state index in [2.05, 4.69) is 15.4 Å². The first-order valence-corrected chi connectivity index (χ1v) is 10.00. The van der Waals surface area contributed by atoms with E-state index in [-0.39, 0.29) is 0 Å². The van der Waals surface area contributed by atoms with Crippen LogP contribution in [0.15, 0.2) is 42.7 Å². The zero-order valence-corrected chi connectivity index (χ0v) is 15.4. The second-order valence-electron chi connectivity index (χ2n) is 6.65. The average molecular weight is 392 g/mol. The predicted octanol–water partition coefficient (Wildman–Crippen LogP) is 4.97. The summed E-state index contributed by atoms with van der Waals surface area (Å²) >= 11 is 1.99. The van der Waals surface area contributed by atoms with E-state index in [1.165, 1.54) is 30.4 Å². The highest BCUT2D eigenvalue weighted by Crippen LogP contribution is 2.33. The van der Waals surface area contributed by atoms with Crippen LogP contribution in [0.3, 0.4) is 0 Å². The van der Waals surface area contributed by atoms with E-state index in [0.29, 0.717) is 22.7 Å². The van der Waals surface area contributed by atoms with Gasteiger partial charge in [0.25, 0.3) is 0 Å². The van der Waals surface area contributed by atoms with E-state index < -0.39 is 11.7 Å². The van der Waals surface area contributed by atoms with Crippen molar-refractivity contribution in [2.24, 2.45) is 5.92 Å². The van der Waals surface area contributed by atoms with Crippen molar-refractivity contribution < 1.29 is 13.2 Å². The fourth-order valence-electron chi connectivity index (χ4n) is 3.23. The summed E-state index contributed by atoms with van der Waals surface area (Å²) in [5.41, 5.74) is 0.898. The summed E-state index contributed by atoms with van der Waals surface area (Å²) < 4.78 is 40.6. The molecule has 0 saturated carbocycles. The van der Waals surface area contributed by atoms with Crippen molar-refractivity contribution in [1.82, 2.24) is 14.6 Å². The van der Waals surface area contributed by atoms with Gasteiger partial charge in [-0.3, -0.25) is 0 Å². The highest BCUT2D eigenvalue weighted by molar-refractivity contribution is 7.99. The van der Waals surface area contributed by atoms with Gasteiger partial charge < -0.3 is 5.32 Å². The van der Waals surface area contributed by atoms with Crippen LogP contribution in [-0.2, 0) is 6.18 Å². The lowest BCUT2D eigenvalue weighted by Crippen LogP contribution is -2.19. The Kier molecular flexibility index (Phi) is 4.99. The van der Waals surface area contributed by atoms with E-state index in [1.54, 1.807) is 23.0 Å². The molecule has 2 aromatic heterocycles. The maximum atomic E-state index is 13.0. The number of hydrogen-bond acceptors (Lipinski definition) is 4. The van der Waals surface area contributed by atoms with Gasteiger partial charge in [-0.25, -0.2) is 9.50 Å². The number of anilines is 1. The van der Waals surface area contributed by atoms with E-state index in [0.717, 1.165) is 24.5 Å². The van der Waals surface area contributed by atoms with Crippen molar-refractivity contribution in [3.63, 3.8) is 0 Å². The SMILES string of the molecule is FC(F)(F)c1cccc(-c2cnn3ccc(NCC4CCSCC4)nc23)c1. The molecule has 1 fully saturated rings. The third-order valence-electron chi connectivity index (χ3n) is 4.78. The molecule has 3 aromatic rings. The van der Waals surface area contributed by atoms with Crippen molar-refractivity contribution in [3.05, 3.63) is 48.3 Å². The molecule has 8 heteroatoms. The molecule has 1 saturated heterocycles. The first-order valence-electron chi connectivity index (χ1n) is 8.84. The standard InChI is InChI=1S/C19H19F3N4S/c20-19(21,22)15-3-1-2-14(10-15)16-12-24-26-7-4-17(25-18(16)26)23-11-13-5-8-27-9-6-13/h1-4,7,10,12-13H,5-6,8-9,11H2,(H,23,25). The van der Waals surface area contributed by atoms with E-state index in [9.17, 15) is 13.2 Å². The Bertz CT molecular complexity index is 932. The number of thioether (sulfide) groups is 1. The number of rotatable bonds is 4. The van der Waals surface area contributed by atoms with Crippen molar-refractivity contribution in [2.75, 3.05) is 23.4 Å². The van der Waals surface area contributed by atoms with Gasteiger partial charge in [0, 0.05) is 18.3 Å². The van der Waals surface area contributed by atoms with Crippen LogP contribution in [0.1, 0.15) is 18.4 Å². The molecule has 0 aliphatic carbocycles. The Labute approximate surface area is 159 Å². The number of halogens is 3. The summed E-state index contributed by atoms with van der Waals surface area (Å²) in [6.07, 6.45) is 1.35. The Balaban J connectivity index is 1.60. The third kappa shape index (κ3) is 4.05. The molecule has 142 valence electrons. The van der Waals surface area contributed by atoms with Crippen LogP contribution in [0.25, 0.3) is 16.8 Å². The van der Waals surface area contributed by atoms with Gasteiger partial charge in [-0.05, 0) is 54.0 Å². The largest absolute Gasteiger partial charge is 0.416 e. The molecular weight excluding hydrogens is 373 g/mol. The quantitative estimate of drug-likeness (QED) is 0.681. The molecule has 0 radical (unpaired) electrons. The van der Waals surface area contributed by atoms with Gasteiger partial charge in [0.1, 0.15) is 5.82 Å². The summed E-state index contributed by atoms with van der Waals surface area (Å²) in [7, 11) is 0. The van der Waals surface area contributed by atoms with Gasteiger partial charge in [0.2, 0.25) is 0 Å². The summed E-state index contributed by atoms with van der Waals surface area (Å²) in [6, 6.07) is 7.10. The molecule has 0 amide bonds. The van der Waals surface area contributed by atoms with Crippen molar-refractivity contribution in [1.29, 1.82) is 0 Å². The van der Waals surface area contributed by atoms with Gasteiger partial charge in [-0.15, -0.1) is 0 Å². The first-order chi connectivity index (χ1) is 13.0. The Morgan fingerprint density at radius 1 is 1.19 bits per heavy atom. The highest BCUT2D eigenvalue weighted by Gasteiger charge is 2.30. The molecule has 4 rings (SSSR count). The molecule has 4 nitrogen and oxygen atoms in total. The second kappa shape index (κ2) is 7.42. The fraction of sp³-hybridized carbons (Fsp3) is 0.368. The first kappa shape index (κ1) is 18.2. The summed E-state index contributed by atoms with van der Waals surface area (Å²) in [5.74, 6) is 3.74. The molecule has 0 bridgehead atoms. The molecule has 0 unspecified atom stereocenters. The van der Waals surface area contributed by atoms with Crippen LogP contribution < -0.4 is 5.32 Å². The van der Waals surface area contributed by atoms with Crippen molar-refractivity contribution in [2.45, 2.75) is 19.0 Å². The molecule has 3 heterocycles. The smallest absolute Gasteiger partial charge is 0.370 e. The van der Waals surface area contributed by atoms with Gasteiger partial charge in [0.05, 0.1) is 11.8 Å². The molecule has 0 spiro atoms. The molecular formula is C19H19F3N4S. The van der Waals surface area contributed by atoms with Gasteiger partial charge >= 0.3 is 6.18 Å². The molecule has 1 N–H and O–H groups in total. The van der Waals surface area contributed by atoms with E-state index >= 15 is 0 Å². The van der Waals surface area contributed by atoms with Crippen molar-refractivity contribution >= 4 is 23.2 Å². The van der Waals surface area contributed by atoms with Crippen LogP contribution in [-0.4, -0.2) is 32.6 Å². The third-order valence-corrected chi connectivity index (χ3v) is 5.83. The van der Waals surface area contributed by atoms with Crippen LogP contribution in [0.2, 0.25) is 0 Å². The number of aromatic nitrogens is 3. The number of alkyl halides is 3. The Morgan fingerprint density at radius 2 is 2.00 bits per heavy atom. The lowest BCUT2D eigenvalue weighted by molar-refractivity contribution is -0.137. The van der Waals surface area contributed by atoms with Crippen LogP contribution in [0, 0.1) is 5.92 Å². The number of fused-ring (bicyclic) bond motifs is 1. The Hall–Kier alpha value is -2.22. The van der Waals surface area contributed by atoms with Crippen LogP contribution >= 0.6 is 11.8 Å². The number of nitrogens with one attached hydrogen (secondary N) is 1. The molecule has 0 atom stereocenters.